The van der Waals surface area contributed by atoms with Gasteiger partial charge in [-0.05, 0) is 54.4 Å². The molecule has 0 saturated carbocycles. The standard InChI is InChI=1S/C27H21ClF2N4O3.C2H6/c1-36-24-7-6-21-25(34-24)17(13-31-21)11-23(35)33-22(10-15-8-19(29)12-20(30)9-15)26-27(37-14-32-26)16-2-4-18(28)5-3-16;1-2/h2-9,12-14,22,31H,10-11H2,1H3,(H,33,35);1-2H3. The first-order valence-corrected chi connectivity index (χ1v) is 12.7. The van der Waals surface area contributed by atoms with E-state index >= 15 is 0 Å². The lowest BCUT2D eigenvalue weighted by Crippen LogP contribution is -2.31. The molecule has 3 heterocycles. The maximum absolute atomic E-state index is 13.9. The van der Waals surface area contributed by atoms with E-state index < -0.39 is 17.7 Å². The highest BCUT2D eigenvalue weighted by atomic mass is 35.5. The number of nitrogens with one attached hydrogen (secondary N) is 2. The SMILES string of the molecule is CC.COc1ccc2[nH]cc(CC(=O)NC(Cc3cc(F)cc(F)c3)c3ncoc3-c3ccc(Cl)cc3)c2n1. The van der Waals surface area contributed by atoms with Gasteiger partial charge in [-0.25, -0.2) is 18.7 Å². The van der Waals surface area contributed by atoms with E-state index in [1.807, 2.05) is 19.9 Å². The molecule has 0 aliphatic rings. The second-order valence-electron chi connectivity index (χ2n) is 8.42. The fraction of sp³-hybridized carbons (Fsp3) is 0.207. The molecule has 0 saturated heterocycles. The summed E-state index contributed by atoms with van der Waals surface area (Å²) < 4.78 is 38.7. The Bertz CT molecular complexity index is 1550. The van der Waals surface area contributed by atoms with Gasteiger partial charge in [0.1, 0.15) is 17.3 Å². The van der Waals surface area contributed by atoms with Crippen molar-refractivity contribution in [3.05, 3.63) is 101 Å². The van der Waals surface area contributed by atoms with Gasteiger partial charge in [-0.15, -0.1) is 0 Å². The van der Waals surface area contributed by atoms with Crippen LogP contribution in [-0.2, 0) is 17.6 Å². The first-order chi connectivity index (χ1) is 18.9. The van der Waals surface area contributed by atoms with Gasteiger partial charge < -0.3 is 19.5 Å². The van der Waals surface area contributed by atoms with Crippen LogP contribution in [0.15, 0.2) is 71.6 Å². The lowest BCUT2D eigenvalue weighted by molar-refractivity contribution is -0.121. The number of methoxy groups -OCH3 is 1. The number of fused-ring (bicyclic) bond motifs is 1. The van der Waals surface area contributed by atoms with Crippen LogP contribution >= 0.6 is 11.6 Å². The van der Waals surface area contributed by atoms with Gasteiger partial charge in [0.15, 0.2) is 12.2 Å². The Morgan fingerprint density at radius 3 is 2.51 bits per heavy atom. The number of nitrogens with zero attached hydrogens (tertiary/aromatic N) is 2. The maximum Gasteiger partial charge on any atom is 0.225 e. The van der Waals surface area contributed by atoms with E-state index in [1.54, 1.807) is 36.5 Å². The average Bonchev–Trinajstić information content (AvgIpc) is 3.57. The summed E-state index contributed by atoms with van der Waals surface area (Å²) in [5.74, 6) is -0.918. The third-order valence-corrected chi connectivity index (χ3v) is 6.12. The lowest BCUT2D eigenvalue weighted by atomic mass is 9.99. The number of aromatic nitrogens is 3. The zero-order valence-electron chi connectivity index (χ0n) is 21.6. The molecule has 39 heavy (non-hydrogen) atoms. The van der Waals surface area contributed by atoms with Gasteiger partial charge in [-0.2, -0.15) is 0 Å². The number of H-pyrrole nitrogens is 1. The van der Waals surface area contributed by atoms with Gasteiger partial charge in [0.2, 0.25) is 11.8 Å². The third-order valence-electron chi connectivity index (χ3n) is 5.86. The number of pyridine rings is 1. The highest BCUT2D eigenvalue weighted by molar-refractivity contribution is 6.30. The van der Waals surface area contributed by atoms with Gasteiger partial charge in [0.05, 0.1) is 30.6 Å². The molecule has 0 fully saturated rings. The Morgan fingerprint density at radius 2 is 1.82 bits per heavy atom. The second-order valence-corrected chi connectivity index (χ2v) is 8.85. The van der Waals surface area contributed by atoms with Crippen molar-refractivity contribution in [2.45, 2.75) is 32.7 Å². The summed E-state index contributed by atoms with van der Waals surface area (Å²) in [6.07, 6.45) is 3.05. The minimum absolute atomic E-state index is 0.00229. The molecular formula is C29H27ClF2N4O3. The van der Waals surface area contributed by atoms with Crippen LogP contribution in [0, 0.1) is 11.6 Å². The van der Waals surface area contributed by atoms with Crippen LogP contribution in [0.2, 0.25) is 5.02 Å². The van der Waals surface area contributed by atoms with Crippen LogP contribution in [0.1, 0.15) is 36.7 Å². The smallest absolute Gasteiger partial charge is 0.225 e. The first-order valence-electron chi connectivity index (χ1n) is 12.3. The number of hydrogen-bond donors (Lipinski definition) is 2. The number of aromatic amines is 1. The first kappa shape index (κ1) is 27.8. The fourth-order valence-electron chi connectivity index (χ4n) is 4.20. The number of hydrogen-bond acceptors (Lipinski definition) is 5. The molecule has 202 valence electrons. The van der Waals surface area contributed by atoms with E-state index in [0.717, 1.165) is 11.6 Å². The summed E-state index contributed by atoms with van der Waals surface area (Å²) in [6, 6.07) is 13.0. The Morgan fingerprint density at radius 1 is 1.10 bits per heavy atom. The van der Waals surface area contributed by atoms with E-state index in [9.17, 15) is 13.6 Å². The minimum atomic E-state index is -0.745. The highest BCUT2D eigenvalue weighted by Gasteiger charge is 2.24. The zero-order chi connectivity index (χ0) is 27.9. The van der Waals surface area contributed by atoms with E-state index in [4.69, 9.17) is 20.8 Å². The molecule has 2 aromatic carbocycles. The molecule has 0 aliphatic carbocycles. The number of carbonyl (C=O) groups is 1. The summed E-state index contributed by atoms with van der Waals surface area (Å²) in [6.45, 7) is 4.00. The van der Waals surface area contributed by atoms with E-state index in [-0.39, 0.29) is 18.7 Å². The van der Waals surface area contributed by atoms with Crippen molar-refractivity contribution in [1.29, 1.82) is 0 Å². The molecular weight excluding hydrogens is 526 g/mol. The Labute approximate surface area is 229 Å². The van der Waals surface area contributed by atoms with Crippen molar-refractivity contribution >= 4 is 28.5 Å². The number of oxazole rings is 1. The minimum Gasteiger partial charge on any atom is -0.481 e. The zero-order valence-corrected chi connectivity index (χ0v) is 22.4. The Hall–Kier alpha value is -4.24. The number of amides is 1. The molecule has 0 bridgehead atoms. The van der Waals surface area contributed by atoms with E-state index in [1.165, 1.54) is 25.6 Å². The topological polar surface area (TPSA) is 93.0 Å². The van der Waals surface area contributed by atoms with Crippen molar-refractivity contribution in [2.75, 3.05) is 7.11 Å². The molecule has 1 amide bonds. The molecule has 5 rings (SSSR count). The second kappa shape index (κ2) is 12.5. The molecule has 1 atom stereocenters. The number of ether oxygens (including phenoxy) is 1. The monoisotopic (exact) mass is 552 g/mol. The molecule has 10 heteroatoms. The third kappa shape index (κ3) is 6.61. The quantitative estimate of drug-likeness (QED) is 0.220. The maximum atomic E-state index is 13.9. The van der Waals surface area contributed by atoms with Gasteiger partial charge in [-0.3, -0.25) is 4.79 Å². The van der Waals surface area contributed by atoms with Gasteiger partial charge in [-0.1, -0.05) is 25.4 Å². The van der Waals surface area contributed by atoms with Crippen molar-refractivity contribution in [2.24, 2.45) is 0 Å². The summed E-state index contributed by atoms with van der Waals surface area (Å²) >= 11 is 6.02. The van der Waals surface area contributed by atoms with Gasteiger partial charge >= 0.3 is 0 Å². The largest absolute Gasteiger partial charge is 0.481 e. The normalized spacial score (nSPS) is 11.5. The predicted octanol–water partition coefficient (Wildman–Crippen LogP) is 6.83. The van der Waals surface area contributed by atoms with Crippen LogP contribution in [-0.4, -0.2) is 28.0 Å². The van der Waals surface area contributed by atoms with E-state index in [2.05, 4.69) is 20.3 Å². The summed E-state index contributed by atoms with van der Waals surface area (Å²) in [4.78, 5) is 25.1. The van der Waals surface area contributed by atoms with E-state index in [0.29, 0.717) is 44.6 Å². The highest BCUT2D eigenvalue weighted by Crippen LogP contribution is 2.31. The van der Waals surface area contributed by atoms with Crippen LogP contribution < -0.4 is 10.1 Å². The van der Waals surface area contributed by atoms with Crippen molar-refractivity contribution in [1.82, 2.24) is 20.3 Å². The number of carbonyl (C=O) groups excluding carboxylic acids is 1. The van der Waals surface area contributed by atoms with Crippen molar-refractivity contribution < 1.29 is 22.7 Å². The Balaban J connectivity index is 0.00000172. The molecule has 5 aromatic rings. The summed E-state index contributed by atoms with van der Waals surface area (Å²) in [5.41, 5.74) is 3.50. The Kier molecular flexibility index (Phi) is 8.93. The molecule has 1 unspecified atom stereocenters. The number of rotatable bonds is 8. The van der Waals surface area contributed by atoms with Crippen LogP contribution in [0.25, 0.3) is 22.4 Å². The van der Waals surface area contributed by atoms with Gasteiger partial charge in [0.25, 0.3) is 0 Å². The number of halogens is 3. The molecule has 0 radical (unpaired) electrons. The van der Waals surface area contributed by atoms with Crippen molar-refractivity contribution in [3.8, 4) is 17.2 Å². The fourth-order valence-corrected chi connectivity index (χ4v) is 4.33. The van der Waals surface area contributed by atoms with Crippen LogP contribution in [0.4, 0.5) is 8.78 Å². The van der Waals surface area contributed by atoms with Gasteiger partial charge in [0, 0.05) is 34.5 Å². The molecule has 2 N–H and O–H groups in total. The summed E-state index contributed by atoms with van der Waals surface area (Å²) in [7, 11) is 1.52. The number of benzene rings is 2. The predicted molar refractivity (Wildman–Crippen MR) is 146 cm³/mol. The van der Waals surface area contributed by atoms with Crippen LogP contribution in [0.3, 0.4) is 0 Å². The molecule has 7 nitrogen and oxygen atoms in total. The average molecular weight is 553 g/mol. The molecule has 3 aromatic heterocycles. The lowest BCUT2D eigenvalue weighted by Gasteiger charge is -2.18. The summed E-state index contributed by atoms with van der Waals surface area (Å²) in [5, 5.41) is 3.50. The van der Waals surface area contributed by atoms with Crippen LogP contribution in [0.5, 0.6) is 5.88 Å². The van der Waals surface area contributed by atoms with Crippen molar-refractivity contribution in [3.63, 3.8) is 0 Å². The molecule has 0 spiro atoms. The molecule has 0 aliphatic heterocycles.